The normalized spacial score (nSPS) is 10.2. The summed E-state index contributed by atoms with van der Waals surface area (Å²) in [5, 5.41) is 0. The number of imidazole rings is 1. The third-order valence-electron chi connectivity index (χ3n) is 1.86. The number of furan rings is 1. The highest BCUT2D eigenvalue weighted by Crippen LogP contribution is 2.20. The highest BCUT2D eigenvalue weighted by molar-refractivity contribution is 5.82. The minimum atomic E-state index is 0.314. The van der Waals surface area contributed by atoms with Crippen molar-refractivity contribution in [1.82, 2.24) is 9.55 Å². The maximum Gasteiger partial charge on any atom is 0.186 e. The fourth-order valence-corrected chi connectivity index (χ4v) is 1.22. The molecule has 0 saturated heterocycles. The lowest BCUT2D eigenvalue weighted by molar-refractivity contribution is 0.110. The van der Waals surface area contributed by atoms with E-state index in [0.29, 0.717) is 12.0 Å². The van der Waals surface area contributed by atoms with E-state index in [2.05, 4.69) is 4.98 Å². The van der Waals surface area contributed by atoms with Gasteiger partial charge in [0.05, 0.1) is 11.8 Å². The first-order valence-electron chi connectivity index (χ1n) is 3.83. The molecule has 0 radical (unpaired) electrons. The summed E-state index contributed by atoms with van der Waals surface area (Å²) in [7, 11) is 1.86. The van der Waals surface area contributed by atoms with Gasteiger partial charge in [-0.15, -0.1) is 0 Å². The summed E-state index contributed by atoms with van der Waals surface area (Å²) in [6.07, 6.45) is 5.66. The van der Waals surface area contributed by atoms with Gasteiger partial charge in [0.15, 0.2) is 12.0 Å². The standard InChI is InChI=1S/C9H8N2O2/c1-11-4-3-10-9(11)7-2-5-13-8(7)6-12/h2-6H,1H3. The molecular formula is C9H8N2O2. The zero-order valence-corrected chi connectivity index (χ0v) is 7.10. The Morgan fingerprint density at radius 3 is 3.08 bits per heavy atom. The largest absolute Gasteiger partial charge is 0.461 e. The van der Waals surface area contributed by atoms with E-state index in [1.54, 1.807) is 12.3 Å². The van der Waals surface area contributed by atoms with Crippen LogP contribution < -0.4 is 0 Å². The van der Waals surface area contributed by atoms with Crippen molar-refractivity contribution in [3.63, 3.8) is 0 Å². The highest BCUT2D eigenvalue weighted by Gasteiger charge is 2.10. The van der Waals surface area contributed by atoms with Crippen molar-refractivity contribution in [2.75, 3.05) is 0 Å². The van der Waals surface area contributed by atoms with Crippen LogP contribution in [0.5, 0.6) is 0 Å². The molecule has 0 atom stereocenters. The van der Waals surface area contributed by atoms with Crippen LogP contribution in [0.4, 0.5) is 0 Å². The number of hydrogen-bond acceptors (Lipinski definition) is 3. The number of aromatic nitrogens is 2. The number of nitrogens with zero attached hydrogens (tertiary/aromatic N) is 2. The fraction of sp³-hybridized carbons (Fsp3) is 0.111. The van der Waals surface area contributed by atoms with E-state index in [1.165, 1.54) is 6.26 Å². The summed E-state index contributed by atoms with van der Waals surface area (Å²) in [6, 6.07) is 1.73. The molecule has 0 aromatic carbocycles. The predicted molar refractivity (Wildman–Crippen MR) is 46.3 cm³/mol. The number of carbonyl (C=O) groups excluding carboxylic acids is 1. The predicted octanol–water partition coefficient (Wildman–Crippen LogP) is 1.49. The summed E-state index contributed by atoms with van der Waals surface area (Å²) in [6.45, 7) is 0. The maximum absolute atomic E-state index is 10.6. The molecule has 0 aliphatic carbocycles. The van der Waals surface area contributed by atoms with Gasteiger partial charge in [0.2, 0.25) is 0 Å². The first kappa shape index (κ1) is 7.79. The van der Waals surface area contributed by atoms with Crippen molar-refractivity contribution >= 4 is 6.29 Å². The fourth-order valence-electron chi connectivity index (χ4n) is 1.22. The van der Waals surface area contributed by atoms with Crippen molar-refractivity contribution in [3.8, 4) is 11.4 Å². The lowest BCUT2D eigenvalue weighted by Crippen LogP contribution is -1.92. The van der Waals surface area contributed by atoms with Crippen LogP contribution in [0.25, 0.3) is 11.4 Å². The minimum Gasteiger partial charge on any atom is -0.461 e. The molecule has 0 unspecified atom stereocenters. The SMILES string of the molecule is Cn1ccnc1-c1ccoc1C=O. The van der Waals surface area contributed by atoms with Crippen molar-refractivity contribution in [3.05, 3.63) is 30.5 Å². The number of hydrogen-bond donors (Lipinski definition) is 0. The number of aldehydes is 1. The zero-order chi connectivity index (χ0) is 9.26. The van der Waals surface area contributed by atoms with E-state index >= 15 is 0 Å². The molecule has 66 valence electrons. The molecule has 4 nitrogen and oxygen atoms in total. The molecule has 0 N–H and O–H groups in total. The summed E-state index contributed by atoms with van der Waals surface area (Å²) >= 11 is 0. The molecule has 0 fully saturated rings. The quantitative estimate of drug-likeness (QED) is 0.651. The second-order valence-corrected chi connectivity index (χ2v) is 2.68. The molecule has 4 heteroatoms. The van der Waals surface area contributed by atoms with Crippen LogP contribution in [0.15, 0.2) is 29.1 Å². The van der Waals surface area contributed by atoms with E-state index in [4.69, 9.17) is 4.42 Å². The number of aryl methyl sites for hydroxylation is 1. The number of rotatable bonds is 2. The Labute approximate surface area is 74.8 Å². The lowest BCUT2D eigenvalue weighted by Gasteiger charge is -1.97. The Morgan fingerprint density at radius 2 is 2.46 bits per heavy atom. The molecule has 0 spiro atoms. The maximum atomic E-state index is 10.6. The van der Waals surface area contributed by atoms with Gasteiger partial charge in [0, 0.05) is 19.4 Å². The summed E-state index contributed by atoms with van der Waals surface area (Å²) in [5.74, 6) is 1.05. The van der Waals surface area contributed by atoms with Crippen LogP contribution in [0, 0.1) is 0 Å². The van der Waals surface area contributed by atoms with Gasteiger partial charge in [0.1, 0.15) is 5.82 Å². The monoisotopic (exact) mass is 176 g/mol. The van der Waals surface area contributed by atoms with Crippen LogP contribution in [0.2, 0.25) is 0 Å². The average Bonchev–Trinajstić information content (AvgIpc) is 2.71. The van der Waals surface area contributed by atoms with E-state index < -0.39 is 0 Å². The lowest BCUT2D eigenvalue weighted by atomic mass is 10.2. The van der Waals surface area contributed by atoms with Gasteiger partial charge in [-0.05, 0) is 6.07 Å². The van der Waals surface area contributed by atoms with Crippen molar-refractivity contribution in [1.29, 1.82) is 0 Å². The van der Waals surface area contributed by atoms with E-state index in [-0.39, 0.29) is 0 Å². The Balaban J connectivity index is 2.58. The summed E-state index contributed by atoms with van der Waals surface area (Å²) in [5.41, 5.74) is 0.725. The molecule has 2 aromatic heterocycles. The molecular weight excluding hydrogens is 168 g/mol. The molecule has 0 bridgehead atoms. The Kier molecular flexibility index (Phi) is 1.73. The average molecular weight is 176 g/mol. The van der Waals surface area contributed by atoms with E-state index in [1.807, 2.05) is 17.8 Å². The molecule has 0 aliphatic heterocycles. The highest BCUT2D eigenvalue weighted by atomic mass is 16.3. The van der Waals surface area contributed by atoms with Gasteiger partial charge < -0.3 is 8.98 Å². The molecule has 13 heavy (non-hydrogen) atoms. The van der Waals surface area contributed by atoms with Gasteiger partial charge in [-0.3, -0.25) is 4.79 Å². The van der Waals surface area contributed by atoms with Gasteiger partial charge in [-0.1, -0.05) is 0 Å². The van der Waals surface area contributed by atoms with Gasteiger partial charge >= 0.3 is 0 Å². The number of carbonyl (C=O) groups is 1. The van der Waals surface area contributed by atoms with Crippen molar-refractivity contribution in [2.45, 2.75) is 0 Å². The first-order valence-corrected chi connectivity index (χ1v) is 3.83. The van der Waals surface area contributed by atoms with E-state index in [9.17, 15) is 4.79 Å². The third kappa shape index (κ3) is 1.16. The van der Waals surface area contributed by atoms with Crippen LogP contribution in [0.3, 0.4) is 0 Å². The second-order valence-electron chi connectivity index (χ2n) is 2.68. The minimum absolute atomic E-state index is 0.314. The molecule has 2 aromatic rings. The molecule has 0 saturated carbocycles. The van der Waals surface area contributed by atoms with Crippen molar-refractivity contribution in [2.24, 2.45) is 7.05 Å². The first-order chi connectivity index (χ1) is 6.33. The third-order valence-corrected chi connectivity index (χ3v) is 1.86. The smallest absolute Gasteiger partial charge is 0.186 e. The van der Waals surface area contributed by atoms with Crippen LogP contribution in [-0.2, 0) is 7.05 Å². The van der Waals surface area contributed by atoms with Gasteiger partial charge in [-0.25, -0.2) is 4.98 Å². The van der Waals surface area contributed by atoms with Crippen LogP contribution in [-0.4, -0.2) is 15.8 Å². The topological polar surface area (TPSA) is 48.0 Å². The Bertz CT molecular complexity index is 428. The summed E-state index contributed by atoms with van der Waals surface area (Å²) in [4.78, 5) is 14.7. The van der Waals surface area contributed by atoms with Crippen molar-refractivity contribution < 1.29 is 9.21 Å². The van der Waals surface area contributed by atoms with Gasteiger partial charge in [0.25, 0.3) is 0 Å². The molecule has 2 heterocycles. The molecule has 0 aliphatic rings. The summed E-state index contributed by atoms with van der Waals surface area (Å²) < 4.78 is 6.80. The zero-order valence-electron chi connectivity index (χ0n) is 7.10. The Hall–Kier alpha value is -1.84. The van der Waals surface area contributed by atoms with Gasteiger partial charge in [-0.2, -0.15) is 0 Å². The van der Waals surface area contributed by atoms with Crippen LogP contribution >= 0.6 is 0 Å². The Morgan fingerprint density at radius 1 is 1.62 bits per heavy atom. The van der Waals surface area contributed by atoms with Crippen LogP contribution in [0.1, 0.15) is 10.6 Å². The molecule has 0 amide bonds. The molecule has 2 rings (SSSR count). The second kappa shape index (κ2) is 2.90. The van der Waals surface area contributed by atoms with E-state index in [0.717, 1.165) is 11.4 Å².